The van der Waals surface area contributed by atoms with Gasteiger partial charge in [0, 0.05) is 27.1 Å². The fourth-order valence-electron chi connectivity index (χ4n) is 4.72. The van der Waals surface area contributed by atoms with E-state index in [0.717, 1.165) is 10.9 Å². The van der Waals surface area contributed by atoms with Crippen molar-refractivity contribution >= 4 is 28.3 Å². The van der Waals surface area contributed by atoms with Crippen molar-refractivity contribution in [3.63, 3.8) is 0 Å². The Balaban J connectivity index is 1.75. The van der Waals surface area contributed by atoms with E-state index in [1.807, 2.05) is 30.3 Å². The Kier molecular flexibility index (Phi) is 3.14. The third-order valence-corrected chi connectivity index (χ3v) is 6.21. The largest absolute Gasteiger partial charge is 0.456 e. The summed E-state index contributed by atoms with van der Waals surface area (Å²) in [5.74, 6) is -1.72. The number of Topliss-reactive ketones (excluding diaryl/α,β-unsaturated/α-hetero) is 1. The number of aliphatic hydroxyl groups is 1. The molecule has 1 aromatic heterocycles. The number of halogens is 1. The van der Waals surface area contributed by atoms with Crippen LogP contribution < -0.4 is 4.74 Å². The first-order chi connectivity index (χ1) is 14.1. The van der Waals surface area contributed by atoms with Crippen molar-refractivity contribution < 1.29 is 14.6 Å². The maximum absolute atomic E-state index is 13.9. The first-order valence-electron chi connectivity index (χ1n) is 9.28. The molecule has 0 saturated heterocycles. The van der Waals surface area contributed by atoms with Crippen LogP contribution in [0.5, 0.6) is 5.75 Å². The monoisotopic (exact) mass is 399 g/mol. The van der Waals surface area contributed by atoms with Gasteiger partial charge in [-0.05, 0) is 30.3 Å². The van der Waals surface area contributed by atoms with Crippen LogP contribution in [0.4, 0.5) is 0 Å². The molecule has 0 saturated carbocycles. The molecule has 0 spiro atoms. The predicted molar refractivity (Wildman–Crippen MR) is 109 cm³/mol. The Morgan fingerprint density at radius 1 is 0.897 bits per heavy atom. The Labute approximate surface area is 171 Å². The van der Waals surface area contributed by atoms with Gasteiger partial charge in [0.05, 0.1) is 11.2 Å². The highest BCUT2D eigenvalue weighted by molar-refractivity contribution is 6.30. The molecule has 2 atom stereocenters. The molecule has 4 nitrogen and oxygen atoms in total. The number of ether oxygens (including phenoxy) is 1. The Hall–Kier alpha value is -3.21. The summed E-state index contributed by atoms with van der Waals surface area (Å²) in [6.45, 7) is 0. The maximum Gasteiger partial charge on any atom is 0.258 e. The van der Waals surface area contributed by atoms with Crippen molar-refractivity contribution in [2.75, 3.05) is 0 Å². The average Bonchev–Trinajstić information content (AvgIpc) is 3.12. The smallest absolute Gasteiger partial charge is 0.258 e. The highest BCUT2D eigenvalue weighted by Gasteiger charge is 2.72. The number of hydrogen-bond acceptors (Lipinski definition) is 4. The van der Waals surface area contributed by atoms with Crippen LogP contribution >= 0.6 is 11.6 Å². The number of ketones is 1. The van der Waals surface area contributed by atoms with Crippen LogP contribution in [0.3, 0.4) is 0 Å². The van der Waals surface area contributed by atoms with Crippen molar-refractivity contribution in [2.24, 2.45) is 0 Å². The summed E-state index contributed by atoms with van der Waals surface area (Å²) in [7, 11) is 0. The Morgan fingerprint density at radius 3 is 2.59 bits per heavy atom. The van der Waals surface area contributed by atoms with Crippen molar-refractivity contribution in [1.29, 1.82) is 0 Å². The summed E-state index contributed by atoms with van der Waals surface area (Å²) in [5, 5.41) is 13.3. The molecule has 29 heavy (non-hydrogen) atoms. The Bertz CT molecular complexity index is 1350. The number of nitrogens with zero attached hydrogens (tertiary/aromatic N) is 1. The summed E-state index contributed by atoms with van der Waals surface area (Å²) in [6, 6.07) is 23.4. The predicted octanol–water partition coefficient (Wildman–Crippen LogP) is 4.61. The molecule has 2 heterocycles. The summed E-state index contributed by atoms with van der Waals surface area (Å²) >= 11 is 6.29. The van der Waals surface area contributed by atoms with Gasteiger partial charge in [0.1, 0.15) is 5.75 Å². The zero-order valence-electron chi connectivity index (χ0n) is 15.1. The molecule has 4 aromatic rings. The van der Waals surface area contributed by atoms with Crippen LogP contribution in [0.15, 0.2) is 78.9 Å². The summed E-state index contributed by atoms with van der Waals surface area (Å²) in [6.07, 6.45) is 0. The quantitative estimate of drug-likeness (QED) is 0.508. The van der Waals surface area contributed by atoms with Gasteiger partial charge < -0.3 is 9.84 Å². The van der Waals surface area contributed by atoms with Crippen molar-refractivity contribution in [2.45, 2.75) is 11.2 Å². The maximum atomic E-state index is 13.9. The van der Waals surface area contributed by atoms with Gasteiger partial charge in [-0.2, -0.15) is 0 Å². The number of carbonyl (C=O) groups excluding carboxylic acids is 1. The first kappa shape index (κ1) is 16.7. The number of rotatable bonds is 1. The molecule has 1 N–H and O–H groups in total. The standard InChI is InChI=1S/C24H14ClNO3/c25-15-10-11-20-18(13-15)23(21-12-9-14-5-1-4-8-19(14)26-21)22(27)16-6-2-3-7-17(16)24(23,28)29-20/h1-13,28H. The third kappa shape index (κ3) is 1.88. The van der Waals surface area contributed by atoms with E-state index in [0.29, 0.717) is 33.2 Å². The van der Waals surface area contributed by atoms with E-state index in [9.17, 15) is 9.90 Å². The molecule has 0 radical (unpaired) electrons. The molecular formula is C24H14ClNO3. The van der Waals surface area contributed by atoms with Gasteiger partial charge in [-0.3, -0.25) is 9.78 Å². The van der Waals surface area contributed by atoms with Crippen molar-refractivity contribution in [3.05, 3.63) is 106 Å². The van der Waals surface area contributed by atoms with Gasteiger partial charge in [-0.15, -0.1) is 0 Å². The van der Waals surface area contributed by atoms with Crippen LogP contribution in [0.25, 0.3) is 10.9 Å². The summed E-state index contributed by atoms with van der Waals surface area (Å²) in [5.41, 5.74) is 1.03. The minimum Gasteiger partial charge on any atom is -0.456 e. The van der Waals surface area contributed by atoms with Gasteiger partial charge in [-0.1, -0.05) is 60.1 Å². The highest BCUT2D eigenvalue weighted by Crippen LogP contribution is 2.62. The lowest BCUT2D eigenvalue weighted by atomic mass is 9.71. The molecule has 3 aromatic carbocycles. The molecule has 0 amide bonds. The van der Waals surface area contributed by atoms with Crippen LogP contribution in [-0.2, 0) is 11.2 Å². The van der Waals surface area contributed by atoms with Gasteiger partial charge in [0.25, 0.3) is 5.79 Å². The molecule has 1 aliphatic carbocycles. The normalized spacial score (nSPS) is 24.1. The lowest BCUT2D eigenvalue weighted by Gasteiger charge is -2.33. The number of aromatic nitrogens is 1. The molecule has 5 heteroatoms. The van der Waals surface area contributed by atoms with Gasteiger partial charge >= 0.3 is 0 Å². The molecular weight excluding hydrogens is 386 g/mol. The van der Waals surface area contributed by atoms with E-state index >= 15 is 0 Å². The number of pyridine rings is 1. The lowest BCUT2D eigenvalue weighted by molar-refractivity contribution is -0.155. The van der Waals surface area contributed by atoms with E-state index in [2.05, 4.69) is 0 Å². The number of hydrogen-bond donors (Lipinski definition) is 1. The second kappa shape index (κ2) is 5.44. The van der Waals surface area contributed by atoms with Gasteiger partial charge in [-0.25, -0.2) is 0 Å². The second-order valence-electron chi connectivity index (χ2n) is 7.40. The van der Waals surface area contributed by atoms with E-state index in [1.165, 1.54) is 0 Å². The molecule has 1 aliphatic heterocycles. The summed E-state index contributed by atoms with van der Waals surface area (Å²) < 4.78 is 6.08. The van der Waals surface area contributed by atoms with Gasteiger partial charge in [0.2, 0.25) is 0 Å². The number of fused-ring (bicyclic) bond motifs is 6. The van der Waals surface area contributed by atoms with E-state index in [1.54, 1.807) is 48.5 Å². The fraction of sp³-hybridized carbons (Fsp3) is 0.0833. The third-order valence-electron chi connectivity index (χ3n) is 5.97. The van der Waals surface area contributed by atoms with E-state index < -0.39 is 11.2 Å². The van der Waals surface area contributed by atoms with E-state index in [4.69, 9.17) is 21.3 Å². The molecule has 0 bridgehead atoms. The number of para-hydroxylation sites is 1. The van der Waals surface area contributed by atoms with Gasteiger partial charge in [0.15, 0.2) is 11.2 Å². The first-order valence-corrected chi connectivity index (χ1v) is 9.65. The van der Waals surface area contributed by atoms with Crippen LogP contribution in [0, 0.1) is 0 Å². The van der Waals surface area contributed by atoms with Crippen molar-refractivity contribution in [3.8, 4) is 5.75 Å². The summed E-state index contributed by atoms with van der Waals surface area (Å²) in [4.78, 5) is 18.7. The Morgan fingerprint density at radius 2 is 1.69 bits per heavy atom. The van der Waals surface area contributed by atoms with Crippen LogP contribution in [0.2, 0.25) is 5.02 Å². The molecule has 2 unspecified atom stereocenters. The highest BCUT2D eigenvalue weighted by atomic mass is 35.5. The van der Waals surface area contributed by atoms with Crippen LogP contribution in [-0.4, -0.2) is 15.9 Å². The molecule has 6 rings (SSSR count). The van der Waals surface area contributed by atoms with Crippen LogP contribution in [0.1, 0.15) is 27.2 Å². The van der Waals surface area contributed by atoms with E-state index in [-0.39, 0.29) is 5.78 Å². The zero-order chi connectivity index (χ0) is 19.8. The average molecular weight is 400 g/mol. The molecule has 140 valence electrons. The fourth-order valence-corrected chi connectivity index (χ4v) is 4.89. The SMILES string of the molecule is O=C1c2ccccc2C2(O)Oc3ccc(Cl)cc3C12c1ccc2ccccc2n1. The van der Waals surface area contributed by atoms with Crippen molar-refractivity contribution in [1.82, 2.24) is 4.98 Å². The topological polar surface area (TPSA) is 59.4 Å². The second-order valence-corrected chi connectivity index (χ2v) is 7.84. The number of benzene rings is 3. The zero-order valence-corrected chi connectivity index (χ0v) is 15.9. The minimum atomic E-state index is -1.90. The minimum absolute atomic E-state index is 0.251. The number of carbonyl (C=O) groups is 1. The molecule has 2 aliphatic rings. The lowest BCUT2D eigenvalue weighted by Crippen LogP contribution is -2.50. The molecule has 0 fully saturated rings.